The van der Waals surface area contributed by atoms with Crippen LogP contribution in [-0.4, -0.2) is 62.6 Å². The Hall–Kier alpha value is -2.81. The number of hydrogen-bond acceptors (Lipinski definition) is 5. The van der Waals surface area contributed by atoms with Crippen LogP contribution in [-0.2, 0) is 6.54 Å². The number of piperazine rings is 1. The maximum Gasteiger partial charge on any atom is 0.268 e. The largest absolute Gasteiger partial charge is 0.493 e. The first-order chi connectivity index (χ1) is 16.4. The standard InChI is InChI=1S/C26H29F2N3O2S/c1-4-33-23-8-5-18(17-31-13-11-29(2)12-14-31)15-20(23)24-9-10-25(34-24)26(32)30(3)22-7-6-19(27)16-21(22)28/h5-10,15-16H,4,11-14,17H2,1-3H3. The van der Waals surface area contributed by atoms with E-state index < -0.39 is 11.6 Å². The van der Waals surface area contributed by atoms with Crippen LogP contribution in [0, 0.1) is 11.6 Å². The second-order valence-corrected chi connectivity index (χ2v) is 9.55. The lowest BCUT2D eigenvalue weighted by Crippen LogP contribution is -2.43. The first-order valence-electron chi connectivity index (χ1n) is 11.4. The molecular formula is C26H29F2N3O2S. The monoisotopic (exact) mass is 485 g/mol. The van der Waals surface area contributed by atoms with Crippen molar-refractivity contribution in [2.24, 2.45) is 0 Å². The van der Waals surface area contributed by atoms with E-state index in [1.807, 2.05) is 19.1 Å². The molecule has 4 rings (SSSR count). The number of rotatable bonds is 7. The molecule has 0 radical (unpaired) electrons. The van der Waals surface area contributed by atoms with Gasteiger partial charge in [-0.15, -0.1) is 11.3 Å². The molecule has 1 aliphatic rings. The van der Waals surface area contributed by atoms with Crippen LogP contribution in [0.4, 0.5) is 14.5 Å². The van der Waals surface area contributed by atoms with Crippen molar-refractivity contribution >= 4 is 22.9 Å². The van der Waals surface area contributed by atoms with Gasteiger partial charge in [0.2, 0.25) is 0 Å². The van der Waals surface area contributed by atoms with E-state index in [1.165, 1.54) is 34.9 Å². The second kappa shape index (κ2) is 10.6. The van der Waals surface area contributed by atoms with Gasteiger partial charge >= 0.3 is 0 Å². The molecule has 0 atom stereocenters. The minimum atomic E-state index is -0.775. The zero-order valence-electron chi connectivity index (χ0n) is 19.7. The summed E-state index contributed by atoms with van der Waals surface area (Å²) < 4.78 is 33.3. The van der Waals surface area contributed by atoms with E-state index in [-0.39, 0.29) is 11.6 Å². The Morgan fingerprint density at radius 3 is 2.53 bits per heavy atom. The molecule has 1 aliphatic heterocycles. The highest BCUT2D eigenvalue weighted by atomic mass is 32.1. The van der Waals surface area contributed by atoms with Crippen molar-refractivity contribution in [3.63, 3.8) is 0 Å². The molecule has 1 amide bonds. The average molecular weight is 486 g/mol. The number of carbonyl (C=O) groups is 1. The quantitative estimate of drug-likeness (QED) is 0.466. The Morgan fingerprint density at radius 1 is 1.06 bits per heavy atom. The van der Waals surface area contributed by atoms with E-state index in [2.05, 4.69) is 29.0 Å². The predicted octanol–water partition coefficient (Wildman–Crippen LogP) is 5.12. The summed E-state index contributed by atoms with van der Waals surface area (Å²) >= 11 is 1.33. The van der Waals surface area contributed by atoms with Gasteiger partial charge in [-0.2, -0.15) is 0 Å². The maximum absolute atomic E-state index is 14.2. The molecule has 1 saturated heterocycles. The van der Waals surface area contributed by atoms with Crippen molar-refractivity contribution in [1.82, 2.24) is 9.80 Å². The Kier molecular flexibility index (Phi) is 7.60. The average Bonchev–Trinajstić information content (AvgIpc) is 3.31. The van der Waals surface area contributed by atoms with Gasteiger partial charge in [0, 0.05) is 56.3 Å². The molecule has 0 bridgehead atoms. The number of thiophene rings is 1. The smallest absolute Gasteiger partial charge is 0.268 e. The summed E-state index contributed by atoms with van der Waals surface area (Å²) in [7, 11) is 3.63. The molecular weight excluding hydrogens is 456 g/mol. The van der Waals surface area contributed by atoms with Crippen LogP contribution in [0.2, 0.25) is 0 Å². The van der Waals surface area contributed by atoms with Gasteiger partial charge in [0.05, 0.1) is 17.2 Å². The number of amides is 1. The summed E-state index contributed by atoms with van der Waals surface area (Å²) in [6, 6.07) is 13.0. The van der Waals surface area contributed by atoms with Crippen LogP contribution >= 0.6 is 11.3 Å². The van der Waals surface area contributed by atoms with E-state index in [0.29, 0.717) is 11.5 Å². The van der Waals surface area contributed by atoms with Gasteiger partial charge in [-0.25, -0.2) is 8.78 Å². The normalized spacial score (nSPS) is 14.9. The van der Waals surface area contributed by atoms with Crippen LogP contribution in [0.5, 0.6) is 5.75 Å². The minimum absolute atomic E-state index is 0.0329. The van der Waals surface area contributed by atoms with E-state index >= 15 is 0 Å². The van der Waals surface area contributed by atoms with Crippen LogP contribution in [0.25, 0.3) is 10.4 Å². The summed E-state index contributed by atoms with van der Waals surface area (Å²) in [4.78, 5) is 20.4. The third-order valence-electron chi connectivity index (χ3n) is 6.00. The minimum Gasteiger partial charge on any atom is -0.493 e. The SMILES string of the molecule is CCOc1ccc(CN2CCN(C)CC2)cc1-c1ccc(C(=O)N(C)c2ccc(F)cc2F)s1. The van der Waals surface area contributed by atoms with E-state index in [1.54, 1.807) is 6.07 Å². The molecule has 0 spiro atoms. The number of ether oxygens (including phenoxy) is 1. The zero-order chi connectivity index (χ0) is 24.2. The Bertz CT molecular complexity index is 1160. The fraction of sp³-hybridized carbons (Fsp3) is 0.346. The number of likely N-dealkylation sites (N-methyl/N-ethyl adjacent to an activating group) is 1. The molecule has 0 aliphatic carbocycles. The number of hydrogen-bond donors (Lipinski definition) is 0. The highest BCUT2D eigenvalue weighted by Gasteiger charge is 2.21. The van der Waals surface area contributed by atoms with Gasteiger partial charge in [-0.1, -0.05) is 6.07 Å². The Balaban J connectivity index is 1.57. The molecule has 1 aromatic heterocycles. The van der Waals surface area contributed by atoms with E-state index in [0.717, 1.165) is 61.0 Å². The highest BCUT2D eigenvalue weighted by molar-refractivity contribution is 7.17. The number of carbonyl (C=O) groups excluding carboxylic acids is 1. The van der Waals surface area contributed by atoms with E-state index in [4.69, 9.17) is 4.74 Å². The summed E-state index contributed by atoms with van der Waals surface area (Å²) in [5.41, 5.74) is 2.16. The van der Waals surface area contributed by atoms with Gasteiger partial charge in [0.1, 0.15) is 17.4 Å². The van der Waals surface area contributed by atoms with Crippen molar-refractivity contribution in [1.29, 1.82) is 0 Å². The van der Waals surface area contributed by atoms with Crippen LogP contribution in [0.15, 0.2) is 48.5 Å². The number of nitrogens with zero attached hydrogens (tertiary/aromatic N) is 3. The van der Waals surface area contributed by atoms with Gasteiger partial charge in [-0.05, 0) is 55.9 Å². The first kappa shape index (κ1) is 24.3. The van der Waals surface area contributed by atoms with Crippen molar-refractivity contribution in [3.05, 3.63) is 70.6 Å². The van der Waals surface area contributed by atoms with E-state index in [9.17, 15) is 13.6 Å². The second-order valence-electron chi connectivity index (χ2n) is 8.47. The third-order valence-corrected chi connectivity index (χ3v) is 7.11. The first-order valence-corrected chi connectivity index (χ1v) is 12.2. The number of benzene rings is 2. The number of anilines is 1. The summed E-state index contributed by atoms with van der Waals surface area (Å²) in [5.74, 6) is -1.04. The van der Waals surface area contributed by atoms with Crippen molar-refractivity contribution < 1.29 is 18.3 Å². The predicted molar refractivity (Wildman–Crippen MR) is 133 cm³/mol. The van der Waals surface area contributed by atoms with Gasteiger partial charge < -0.3 is 14.5 Å². The molecule has 0 unspecified atom stereocenters. The van der Waals surface area contributed by atoms with Crippen LogP contribution in [0.1, 0.15) is 22.2 Å². The van der Waals surface area contributed by atoms with Crippen molar-refractivity contribution in [3.8, 4) is 16.2 Å². The molecule has 34 heavy (non-hydrogen) atoms. The highest BCUT2D eigenvalue weighted by Crippen LogP contribution is 2.37. The molecule has 8 heteroatoms. The van der Waals surface area contributed by atoms with Gasteiger partial charge in [0.25, 0.3) is 5.91 Å². The van der Waals surface area contributed by atoms with Gasteiger partial charge in [0.15, 0.2) is 0 Å². The Morgan fingerprint density at radius 2 is 1.82 bits per heavy atom. The zero-order valence-corrected chi connectivity index (χ0v) is 20.5. The number of halogens is 2. The van der Waals surface area contributed by atoms with Gasteiger partial charge in [-0.3, -0.25) is 9.69 Å². The van der Waals surface area contributed by atoms with Crippen LogP contribution in [0.3, 0.4) is 0 Å². The fourth-order valence-corrected chi connectivity index (χ4v) is 5.04. The molecule has 2 aromatic carbocycles. The molecule has 5 nitrogen and oxygen atoms in total. The molecule has 3 aromatic rings. The molecule has 180 valence electrons. The maximum atomic E-state index is 14.2. The van der Waals surface area contributed by atoms with Crippen molar-refractivity contribution in [2.45, 2.75) is 13.5 Å². The summed E-state index contributed by atoms with van der Waals surface area (Å²) in [6.07, 6.45) is 0. The summed E-state index contributed by atoms with van der Waals surface area (Å²) in [6.45, 7) is 7.51. The lowest BCUT2D eigenvalue weighted by Gasteiger charge is -2.32. The fourth-order valence-electron chi connectivity index (χ4n) is 4.04. The topological polar surface area (TPSA) is 36.0 Å². The Labute approximate surface area is 203 Å². The molecule has 0 N–H and O–H groups in total. The third kappa shape index (κ3) is 5.46. The lowest BCUT2D eigenvalue weighted by atomic mass is 10.1. The molecule has 0 saturated carbocycles. The van der Waals surface area contributed by atoms with Crippen LogP contribution < -0.4 is 9.64 Å². The van der Waals surface area contributed by atoms with Crippen molar-refractivity contribution in [2.75, 3.05) is 51.8 Å². The molecule has 1 fully saturated rings. The summed E-state index contributed by atoms with van der Waals surface area (Å²) in [5, 5.41) is 0. The lowest BCUT2D eigenvalue weighted by molar-refractivity contribution is 0.0996. The molecule has 2 heterocycles.